The van der Waals surface area contributed by atoms with Crippen molar-refractivity contribution < 1.29 is 4.84 Å². The van der Waals surface area contributed by atoms with Crippen molar-refractivity contribution >= 4 is 0 Å². The zero-order valence-corrected chi connectivity index (χ0v) is 8.68. The lowest BCUT2D eigenvalue weighted by Crippen LogP contribution is -2.49. The van der Waals surface area contributed by atoms with Crippen LogP contribution in [0.15, 0.2) is 0 Å². The van der Waals surface area contributed by atoms with Gasteiger partial charge in [0.05, 0.1) is 0 Å². The summed E-state index contributed by atoms with van der Waals surface area (Å²) in [5.41, 5.74) is 2.80. The smallest absolute Gasteiger partial charge is 0.275 e. The van der Waals surface area contributed by atoms with Crippen molar-refractivity contribution in [2.24, 2.45) is 0 Å². The molecule has 0 aromatic carbocycles. The number of hydroxylamine groups is 1. The molecule has 0 aromatic heterocycles. The highest BCUT2D eigenvalue weighted by Gasteiger charge is 2.43. The molecular formula is C8H20N4O. The van der Waals surface area contributed by atoms with Crippen molar-refractivity contribution in [3.05, 3.63) is 0 Å². The van der Waals surface area contributed by atoms with E-state index in [1.165, 1.54) is 0 Å². The van der Waals surface area contributed by atoms with Gasteiger partial charge in [0, 0.05) is 6.54 Å². The van der Waals surface area contributed by atoms with Crippen LogP contribution in [0, 0.1) is 0 Å². The van der Waals surface area contributed by atoms with Gasteiger partial charge in [-0.25, -0.2) is 4.84 Å². The number of hydrogen-bond acceptors (Lipinski definition) is 5. The Morgan fingerprint density at radius 1 is 1.38 bits per heavy atom. The quantitative estimate of drug-likeness (QED) is 0.280. The molecule has 1 fully saturated rings. The first-order chi connectivity index (χ1) is 6.18. The summed E-state index contributed by atoms with van der Waals surface area (Å²) in [5, 5.41) is 6.42. The van der Waals surface area contributed by atoms with Gasteiger partial charge in [-0.15, -0.1) is 5.48 Å². The van der Waals surface area contributed by atoms with Crippen LogP contribution < -0.4 is 16.1 Å². The number of rotatable bonds is 7. The number of nitrogens with zero attached hydrogens (tertiary/aromatic N) is 1. The van der Waals surface area contributed by atoms with E-state index in [1.54, 1.807) is 0 Å². The van der Waals surface area contributed by atoms with Gasteiger partial charge in [-0.3, -0.25) is 10.6 Å². The van der Waals surface area contributed by atoms with Gasteiger partial charge in [0.1, 0.15) is 0 Å². The molecule has 0 bridgehead atoms. The molecule has 5 heteroatoms. The Morgan fingerprint density at radius 2 is 2.08 bits per heavy atom. The Bertz CT molecular complexity index is 147. The molecule has 0 spiro atoms. The summed E-state index contributed by atoms with van der Waals surface area (Å²) < 4.78 is 0. The Labute approximate surface area is 79.8 Å². The minimum atomic E-state index is -0.430. The first-order valence-electron chi connectivity index (χ1n) is 4.78. The van der Waals surface area contributed by atoms with Crippen molar-refractivity contribution in [2.45, 2.75) is 19.3 Å². The molecule has 13 heavy (non-hydrogen) atoms. The van der Waals surface area contributed by atoms with Crippen LogP contribution in [0.25, 0.3) is 0 Å². The molecule has 78 valence electrons. The molecule has 3 N–H and O–H groups in total. The van der Waals surface area contributed by atoms with E-state index < -0.39 is 5.97 Å². The van der Waals surface area contributed by atoms with E-state index in [4.69, 9.17) is 4.84 Å². The summed E-state index contributed by atoms with van der Waals surface area (Å²) in [6, 6.07) is 0. The van der Waals surface area contributed by atoms with Crippen LogP contribution in [0.5, 0.6) is 0 Å². The standard InChI is InChI=1S/C8H20N4O/c1-4-9-8(11-13-8)10-6-5-7-12(2)3/h9-11H,4-7H2,1-3H3. The third-order valence-corrected chi connectivity index (χ3v) is 1.89. The molecule has 5 nitrogen and oxygen atoms in total. The Hall–Kier alpha value is -0.200. The maximum absolute atomic E-state index is 5.06. The third-order valence-electron chi connectivity index (χ3n) is 1.89. The molecule has 0 amide bonds. The summed E-state index contributed by atoms with van der Waals surface area (Å²) in [4.78, 5) is 7.23. The Kier molecular flexibility index (Phi) is 4.08. The van der Waals surface area contributed by atoms with Crippen molar-refractivity contribution in [3.8, 4) is 0 Å². The first kappa shape index (κ1) is 10.9. The van der Waals surface area contributed by atoms with Crippen molar-refractivity contribution in [3.63, 3.8) is 0 Å². The average Bonchev–Trinajstić information content (AvgIpc) is 2.80. The van der Waals surface area contributed by atoms with Crippen LogP contribution in [0.2, 0.25) is 0 Å². The lowest BCUT2D eigenvalue weighted by Gasteiger charge is -2.13. The molecule has 1 atom stereocenters. The Balaban J connectivity index is 1.99. The molecule has 1 aliphatic heterocycles. The normalized spacial score (nSPS) is 26.8. The van der Waals surface area contributed by atoms with Crippen LogP contribution in [0.3, 0.4) is 0 Å². The van der Waals surface area contributed by atoms with Gasteiger partial charge < -0.3 is 4.90 Å². The summed E-state index contributed by atoms with van der Waals surface area (Å²) in [6.07, 6.45) is 1.12. The first-order valence-corrected chi connectivity index (χ1v) is 4.78. The van der Waals surface area contributed by atoms with Gasteiger partial charge in [-0.2, -0.15) is 0 Å². The number of hydrogen-bond donors (Lipinski definition) is 3. The van der Waals surface area contributed by atoms with Gasteiger partial charge in [0.15, 0.2) is 0 Å². The predicted molar refractivity (Wildman–Crippen MR) is 51.8 cm³/mol. The van der Waals surface area contributed by atoms with E-state index in [9.17, 15) is 0 Å². The van der Waals surface area contributed by atoms with Crippen LogP contribution in [-0.2, 0) is 4.84 Å². The predicted octanol–water partition coefficient (Wildman–Crippen LogP) is -0.717. The summed E-state index contributed by atoms with van der Waals surface area (Å²) in [6.45, 7) is 4.97. The van der Waals surface area contributed by atoms with Crippen molar-refractivity contribution in [2.75, 3.05) is 33.7 Å². The molecule has 1 heterocycles. The monoisotopic (exact) mass is 188 g/mol. The molecule has 0 aromatic rings. The van der Waals surface area contributed by atoms with Crippen LogP contribution in [0.1, 0.15) is 13.3 Å². The van der Waals surface area contributed by atoms with Gasteiger partial charge in [0.2, 0.25) is 0 Å². The zero-order valence-electron chi connectivity index (χ0n) is 8.68. The maximum atomic E-state index is 5.06. The fourth-order valence-corrected chi connectivity index (χ4v) is 1.17. The molecular weight excluding hydrogens is 168 g/mol. The second-order valence-electron chi connectivity index (χ2n) is 3.50. The fourth-order valence-electron chi connectivity index (χ4n) is 1.17. The van der Waals surface area contributed by atoms with Gasteiger partial charge in [-0.1, -0.05) is 6.92 Å². The summed E-state index contributed by atoms with van der Waals surface area (Å²) in [5.74, 6) is -0.430. The van der Waals surface area contributed by atoms with Crippen LogP contribution >= 0.6 is 0 Å². The van der Waals surface area contributed by atoms with E-state index in [2.05, 4.69) is 35.1 Å². The molecule has 0 aliphatic carbocycles. The van der Waals surface area contributed by atoms with E-state index in [1.807, 2.05) is 6.92 Å². The van der Waals surface area contributed by atoms with Gasteiger partial charge >= 0.3 is 0 Å². The zero-order chi connectivity index (χ0) is 9.73. The van der Waals surface area contributed by atoms with Gasteiger partial charge in [0.25, 0.3) is 5.97 Å². The highest BCUT2D eigenvalue weighted by Crippen LogP contribution is 2.09. The number of nitrogens with one attached hydrogen (secondary N) is 3. The van der Waals surface area contributed by atoms with E-state index in [0.717, 1.165) is 26.1 Å². The van der Waals surface area contributed by atoms with E-state index >= 15 is 0 Å². The molecule has 1 aliphatic rings. The van der Waals surface area contributed by atoms with Crippen molar-refractivity contribution in [1.29, 1.82) is 0 Å². The second kappa shape index (κ2) is 4.88. The highest BCUT2D eigenvalue weighted by atomic mass is 16.8. The minimum Gasteiger partial charge on any atom is -0.309 e. The summed E-state index contributed by atoms with van der Waals surface area (Å²) >= 11 is 0. The maximum Gasteiger partial charge on any atom is 0.275 e. The molecule has 1 unspecified atom stereocenters. The molecule has 0 saturated carbocycles. The fraction of sp³-hybridized carbons (Fsp3) is 1.00. The topological polar surface area (TPSA) is 61.8 Å². The van der Waals surface area contributed by atoms with Crippen LogP contribution in [-0.4, -0.2) is 44.6 Å². The lowest BCUT2D eigenvalue weighted by molar-refractivity contribution is 0.207. The van der Waals surface area contributed by atoms with E-state index in [-0.39, 0.29) is 0 Å². The average molecular weight is 188 g/mol. The highest BCUT2D eigenvalue weighted by molar-refractivity contribution is 4.76. The minimum absolute atomic E-state index is 0.430. The summed E-state index contributed by atoms with van der Waals surface area (Å²) in [7, 11) is 4.15. The third kappa shape index (κ3) is 4.02. The Morgan fingerprint density at radius 3 is 2.54 bits per heavy atom. The largest absolute Gasteiger partial charge is 0.309 e. The van der Waals surface area contributed by atoms with Gasteiger partial charge in [-0.05, 0) is 33.6 Å². The second-order valence-corrected chi connectivity index (χ2v) is 3.50. The van der Waals surface area contributed by atoms with Crippen molar-refractivity contribution in [1.82, 2.24) is 21.0 Å². The molecule has 0 radical (unpaired) electrons. The van der Waals surface area contributed by atoms with Crippen LogP contribution in [0.4, 0.5) is 0 Å². The molecule has 1 saturated heterocycles. The lowest BCUT2D eigenvalue weighted by atomic mass is 10.4. The molecule has 1 rings (SSSR count). The SMILES string of the molecule is CCNC1(NCCCN(C)C)NO1. The van der Waals surface area contributed by atoms with E-state index in [0.29, 0.717) is 0 Å².